The predicted octanol–water partition coefficient (Wildman–Crippen LogP) is 2.78. The van der Waals surface area contributed by atoms with E-state index in [2.05, 4.69) is 29.8 Å². The van der Waals surface area contributed by atoms with Crippen molar-refractivity contribution in [2.75, 3.05) is 7.05 Å². The van der Waals surface area contributed by atoms with Crippen molar-refractivity contribution in [1.29, 1.82) is 0 Å². The zero-order chi connectivity index (χ0) is 13.7. The third kappa shape index (κ3) is 4.78. The average Bonchev–Trinajstić information content (AvgIpc) is 2.30. The van der Waals surface area contributed by atoms with Gasteiger partial charge in [0.2, 0.25) is 5.91 Å². The SMILES string of the molecule is CC(C)CC(N)C(=O)N(C)Cc1ccc(Br)cc1. The maximum atomic E-state index is 12.0. The minimum Gasteiger partial charge on any atom is -0.340 e. The fourth-order valence-electron chi connectivity index (χ4n) is 1.83. The predicted molar refractivity (Wildman–Crippen MR) is 78.0 cm³/mol. The number of benzene rings is 1. The van der Waals surface area contributed by atoms with Gasteiger partial charge in [-0.2, -0.15) is 0 Å². The first-order valence-corrected chi connectivity index (χ1v) is 6.94. The second-order valence-electron chi connectivity index (χ2n) is 5.06. The number of halogens is 1. The molecule has 0 aliphatic rings. The van der Waals surface area contributed by atoms with E-state index >= 15 is 0 Å². The molecule has 0 radical (unpaired) electrons. The number of nitrogens with two attached hydrogens (primary N) is 1. The molecule has 2 N–H and O–H groups in total. The van der Waals surface area contributed by atoms with Crippen LogP contribution < -0.4 is 5.73 Å². The van der Waals surface area contributed by atoms with E-state index in [1.165, 1.54) is 0 Å². The number of hydrogen-bond donors (Lipinski definition) is 1. The highest BCUT2D eigenvalue weighted by molar-refractivity contribution is 9.10. The zero-order valence-corrected chi connectivity index (χ0v) is 12.8. The molecule has 0 aliphatic heterocycles. The first kappa shape index (κ1) is 15.2. The maximum absolute atomic E-state index is 12.0. The summed E-state index contributed by atoms with van der Waals surface area (Å²) >= 11 is 3.39. The van der Waals surface area contributed by atoms with E-state index in [0.29, 0.717) is 12.5 Å². The molecule has 1 unspecified atom stereocenters. The van der Waals surface area contributed by atoms with Crippen LogP contribution in [0.1, 0.15) is 25.8 Å². The summed E-state index contributed by atoms with van der Waals surface area (Å²) in [5.41, 5.74) is 7.00. The van der Waals surface area contributed by atoms with Crippen molar-refractivity contribution in [3.63, 3.8) is 0 Å². The summed E-state index contributed by atoms with van der Waals surface area (Å²) in [6.07, 6.45) is 0.726. The molecule has 1 rings (SSSR count). The van der Waals surface area contributed by atoms with Crippen LogP contribution in [0.2, 0.25) is 0 Å². The molecule has 0 bridgehead atoms. The standard InChI is InChI=1S/C14H21BrN2O/c1-10(2)8-13(16)14(18)17(3)9-11-4-6-12(15)7-5-11/h4-7,10,13H,8-9,16H2,1-3H3. The van der Waals surface area contributed by atoms with Gasteiger partial charge in [0.25, 0.3) is 0 Å². The van der Waals surface area contributed by atoms with Crippen LogP contribution in [0.4, 0.5) is 0 Å². The molecule has 1 amide bonds. The van der Waals surface area contributed by atoms with Crippen molar-refractivity contribution < 1.29 is 4.79 Å². The fraction of sp³-hybridized carbons (Fsp3) is 0.500. The van der Waals surface area contributed by atoms with Gasteiger partial charge in [-0.25, -0.2) is 0 Å². The summed E-state index contributed by atoms with van der Waals surface area (Å²) < 4.78 is 1.04. The Balaban J connectivity index is 2.56. The molecule has 0 saturated carbocycles. The van der Waals surface area contributed by atoms with Crippen molar-refractivity contribution in [2.24, 2.45) is 11.7 Å². The van der Waals surface area contributed by atoms with Gasteiger partial charge in [0.15, 0.2) is 0 Å². The second-order valence-corrected chi connectivity index (χ2v) is 5.97. The molecule has 0 spiro atoms. The molecule has 0 saturated heterocycles. The van der Waals surface area contributed by atoms with Gasteiger partial charge in [0, 0.05) is 18.1 Å². The number of amides is 1. The number of likely N-dealkylation sites (N-methyl/N-ethyl adjacent to an activating group) is 1. The summed E-state index contributed by atoms with van der Waals surface area (Å²) in [5, 5.41) is 0. The maximum Gasteiger partial charge on any atom is 0.239 e. The Morgan fingerprint density at radius 2 is 1.89 bits per heavy atom. The van der Waals surface area contributed by atoms with E-state index in [9.17, 15) is 4.79 Å². The largest absolute Gasteiger partial charge is 0.340 e. The van der Waals surface area contributed by atoms with Crippen molar-refractivity contribution >= 4 is 21.8 Å². The summed E-state index contributed by atoms with van der Waals surface area (Å²) in [4.78, 5) is 13.7. The quantitative estimate of drug-likeness (QED) is 0.908. The Hall–Kier alpha value is -0.870. The van der Waals surface area contributed by atoms with E-state index in [0.717, 1.165) is 16.5 Å². The smallest absolute Gasteiger partial charge is 0.239 e. The van der Waals surface area contributed by atoms with E-state index in [4.69, 9.17) is 5.73 Å². The van der Waals surface area contributed by atoms with Crippen molar-refractivity contribution in [2.45, 2.75) is 32.9 Å². The molecule has 0 aromatic heterocycles. The molecular weight excluding hydrogens is 292 g/mol. The molecular formula is C14H21BrN2O. The highest BCUT2D eigenvalue weighted by atomic mass is 79.9. The number of nitrogens with zero attached hydrogens (tertiary/aromatic N) is 1. The van der Waals surface area contributed by atoms with Crippen LogP contribution in [-0.2, 0) is 11.3 Å². The summed E-state index contributed by atoms with van der Waals surface area (Å²) in [7, 11) is 1.80. The molecule has 0 heterocycles. The lowest BCUT2D eigenvalue weighted by Crippen LogP contribution is -2.42. The Morgan fingerprint density at radius 1 is 1.33 bits per heavy atom. The van der Waals surface area contributed by atoms with Crippen LogP contribution in [0, 0.1) is 5.92 Å². The Morgan fingerprint density at radius 3 is 2.39 bits per heavy atom. The van der Waals surface area contributed by atoms with Gasteiger partial charge in [-0.3, -0.25) is 4.79 Å². The minimum absolute atomic E-state index is 0.00613. The highest BCUT2D eigenvalue weighted by Crippen LogP contribution is 2.13. The number of carbonyl (C=O) groups excluding carboxylic acids is 1. The highest BCUT2D eigenvalue weighted by Gasteiger charge is 2.18. The van der Waals surface area contributed by atoms with E-state index in [1.54, 1.807) is 11.9 Å². The molecule has 0 fully saturated rings. The molecule has 4 heteroatoms. The Kier molecular flexibility index (Phi) is 5.82. The summed E-state index contributed by atoms with van der Waals surface area (Å²) in [5.74, 6) is 0.441. The van der Waals surface area contributed by atoms with Gasteiger partial charge >= 0.3 is 0 Å². The molecule has 100 valence electrons. The summed E-state index contributed by atoms with van der Waals surface area (Å²) in [6.45, 7) is 4.74. The van der Waals surface area contributed by atoms with Crippen LogP contribution >= 0.6 is 15.9 Å². The lowest BCUT2D eigenvalue weighted by atomic mass is 10.0. The first-order chi connectivity index (χ1) is 8.40. The van der Waals surface area contributed by atoms with E-state index in [-0.39, 0.29) is 5.91 Å². The van der Waals surface area contributed by atoms with Gasteiger partial charge in [0.05, 0.1) is 6.04 Å². The molecule has 3 nitrogen and oxygen atoms in total. The number of carbonyl (C=O) groups is 1. The van der Waals surface area contributed by atoms with Crippen LogP contribution in [0.15, 0.2) is 28.7 Å². The lowest BCUT2D eigenvalue weighted by molar-refractivity contribution is -0.132. The Bertz CT molecular complexity index is 389. The van der Waals surface area contributed by atoms with Gasteiger partial charge in [0.1, 0.15) is 0 Å². The first-order valence-electron chi connectivity index (χ1n) is 6.15. The second kappa shape index (κ2) is 6.90. The third-order valence-electron chi connectivity index (χ3n) is 2.75. The average molecular weight is 313 g/mol. The zero-order valence-electron chi connectivity index (χ0n) is 11.2. The van der Waals surface area contributed by atoms with E-state index in [1.807, 2.05) is 24.3 Å². The number of rotatable bonds is 5. The fourth-order valence-corrected chi connectivity index (χ4v) is 2.10. The van der Waals surface area contributed by atoms with Crippen molar-refractivity contribution in [3.8, 4) is 0 Å². The molecule has 1 atom stereocenters. The van der Waals surface area contributed by atoms with Crippen molar-refractivity contribution in [3.05, 3.63) is 34.3 Å². The van der Waals surface area contributed by atoms with Gasteiger partial charge in [-0.15, -0.1) is 0 Å². The van der Waals surface area contributed by atoms with Gasteiger partial charge in [-0.1, -0.05) is 41.9 Å². The molecule has 1 aromatic rings. The van der Waals surface area contributed by atoms with Crippen LogP contribution in [0.25, 0.3) is 0 Å². The molecule has 18 heavy (non-hydrogen) atoms. The third-order valence-corrected chi connectivity index (χ3v) is 3.28. The topological polar surface area (TPSA) is 46.3 Å². The molecule has 0 aliphatic carbocycles. The van der Waals surface area contributed by atoms with Gasteiger partial charge < -0.3 is 10.6 Å². The van der Waals surface area contributed by atoms with Crippen LogP contribution in [0.3, 0.4) is 0 Å². The monoisotopic (exact) mass is 312 g/mol. The van der Waals surface area contributed by atoms with E-state index < -0.39 is 6.04 Å². The van der Waals surface area contributed by atoms with Crippen LogP contribution in [-0.4, -0.2) is 23.9 Å². The Labute approximate surface area is 117 Å². The molecule has 1 aromatic carbocycles. The lowest BCUT2D eigenvalue weighted by Gasteiger charge is -2.22. The minimum atomic E-state index is -0.398. The summed E-state index contributed by atoms with van der Waals surface area (Å²) in [6, 6.07) is 7.55. The van der Waals surface area contributed by atoms with Crippen LogP contribution in [0.5, 0.6) is 0 Å². The number of hydrogen-bond acceptors (Lipinski definition) is 2. The van der Waals surface area contributed by atoms with Gasteiger partial charge in [-0.05, 0) is 30.0 Å². The normalized spacial score (nSPS) is 12.6. The van der Waals surface area contributed by atoms with Crippen molar-refractivity contribution in [1.82, 2.24) is 4.90 Å².